The minimum Gasteiger partial charge on any atom is -0.354 e. The third-order valence-electron chi connectivity index (χ3n) is 3.90. The first-order chi connectivity index (χ1) is 7.04. The molecule has 0 bridgehead atoms. The van der Waals surface area contributed by atoms with E-state index in [0.29, 0.717) is 5.41 Å². The monoisotopic (exact) mass is 212 g/mol. The predicted octanol–water partition coefficient (Wildman–Crippen LogP) is 1.67. The fourth-order valence-electron chi connectivity index (χ4n) is 1.74. The standard InChI is InChI=1S/C12H24N2O/c1-4-9(3)10(13)11(15)14-8-12(5-2)6-7-12/h9-10H,4-8,13H2,1-3H3,(H,14,15)/t9-,10-/m0/s1. The molecule has 0 aliphatic heterocycles. The van der Waals surface area contributed by atoms with Crippen LogP contribution < -0.4 is 11.1 Å². The lowest BCUT2D eigenvalue weighted by molar-refractivity contribution is -0.123. The number of rotatable bonds is 6. The summed E-state index contributed by atoms with van der Waals surface area (Å²) in [6.07, 6.45) is 4.62. The van der Waals surface area contributed by atoms with Crippen molar-refractivity contribution in [3.8, 4) is 0 Å². The SMILES string of the molecule is CC[C@H](C)[C@H](N)C(=O)NCC1(CC)CC1. The zero-order valence-corrected chi connectivity index (χ0v) is 10.2. The first kappa shape index (κ1) is 12.5. The highest BCUT2D eigenvalue weighted by Gasteiger charge is 2.40. The molecule has 0 unspecified atom stereocenters. The summed E-state index contributed by atoms with van der Waals surface area (Å²) >= 11 is 0. The molecule has 3 nitrogen and oxygen atoms in total. The number of amides is 1. The van der Waals surface area contributed by atoms with E-state index in [4.69, 9.17) is 5.73 Å². The van der Waals surface area contributed by atoms with Crippen molar-refractivity contribution in [2.45, 2.75) is 52.5 Å². The highest BCUT2D eigenvalue weighted by atomic mass is 16.2. The third kappa shape index (κ3) is 3.20. The first-order valence-electron chi connectivity index (χ1n) is 6.08. The van der Waals surface area contributed by atoms with E-state index < -0.39 is 0 Å². The lowest BCUT2D eigenvalue weighted by Crippen LogP contribution is -2.46. The van der Waals surface area contributed by atoms with E-state index in [1.807, 2.05) is 6.92 Å². The summed E-state index contributed by atoms with van der Waals surface area (Å²) in [7, 11) is 0. The summed E-state index contributed by atoms with van der Waals surface area (Å²) in [6.45, 7) is 7.09. The minimum absolute atomic E-state index is 0.0177. The van der Waals surface area contributed by atoms with Crippen molar-refractivity contribution in [3.05, 3.63) is 0 Å². The number of carbonyl (C=O) groups excluding carboxylic acids is 1. The Bertz CT molecular complexity index is 224. The summed E-state index contributed by atoms with van der Waals surface area (Å²) in [5, 5.41) is 2.99. The topological polar surface area (TPSA) is 55.1 Å². The van der Waals surface area contributed by atoms with Crippen LogP contribution >= 0.6 is 0 Å². The maximum absolute atomic E-state index is 11.7. The Morgan fingerprint density at radius 1 is 1.47 bits per heavy atom. The van der Waals surface area contributed by atoms with E-state index in [1.165, 1.54) is 12.8 Å². The molecule has 0 radical (unpaired) electrons. The Morgan fingerprint density at radius 2 is 2.07 bits per heavy atom. The fourth-order valence-corrected chi connectivity index (χ4v) is 1.74. The van der Waals surface area contributed by atoms with Gasteiger partial charge in [-0.2, -0.15) is 0 Å². The first-order valence-corrected chi connectivity index (χ1v) is 6.08. The Kier molecular flexibility index (Phi) is 4.14. The molecule has 0 aromatic heterocycles. The number of hydrogen-bond acceptors (Lipinski definition) is 2. The number of nitrogens with one attached hydrogen (secondary N) is 1. The van der Waals surface area contributed by atoms with Gasteiger partial charge >= 0.3 is 0 Å². The lowest BCUT2D eigenvalue weighted by atomic mass is 9.98. The van der Waals surface area contributed by atoms with E-state index in [9.17, 15) is 4.79 Å². The summed E-state index contributed by atoms with van der Waals surface area (Å²) < 4.78 is 0. The number of carbonyl (C=O) groups is 1. The minimum atomic E-state index is -0.345. The van der Waals surface area contributed by atoms with Crippen LogP contribution in [0.2, 0.25) is 0 Å². The van der Waals surface area contributed by atoms with E-state index in [2.05, 4.69) is 19.2 Å². The van der Waals surface area contributed by atoms with Gasteiger partial charge in [0.05, 0.1) is 6.04 Å². The molecule has 0 saturated heterocycles. The maximum atomic E-state index is 11.7. The van der Waals surface area contributed by atoms with Crippen molar-refractivity contribution in [2.75, 3.05) is 6.54 Å². The van der Waals surface area contributed by atoms with Gasteiger partial charge in [0.2, 0.25) is 5.91 Å². The molecule has 88 valence electrons. The van der Waals surface area contributed by atoms with Crippen molar-refractivity contribution < 1.29 is 4.79 Å². The second-order valence-corrected chi connectivity index (χ2v) is 4.98. The predicted molar refractivity (Wildman–Crippen MR) is 62.4 cm³/mol. The molecule has 0 heterocycles. The zero-order valence-electron chi connectivity index (χ0n) is 10.2. The molecule has 1 fully saturated rings. The van der Waals surface area contributed by atoms with Crippen LogP contribution in [0.15, 0.2) is 0 Å². The van der Waals surface area contributed by atoms with Crippen LogP contribution in [0.4, 0.5) is 0 Å². The molecule has 1 rings (SSSR count). The second-order valence-electron chi connectivity index (χ2n) is 4.98. The molecular formula is C12H24N2O. The second kappa shape index (κ2) is 4.97. The van der Waals surface area contributed by atoms with Gasteiger partial charge in [0.15, 0.2) is 0 Å². The molecule has 1 aliphatic rings. The Labute approximate surface area is 92.8 Å². The molecular weight excluding hydrogens is 188 g/mol. The largest absolute Gasteiger partial charge is 0.354 e. The molecule has 1 saturated carbocycles. The molecule has 0 aromatic rings. The molecule has 3 heteroatoms. The van der Waals surface area contributed by atoms with Crippen LogP contribution in [0.5, 0.6) is 0 Å². The van der Waals surface area contributed by atoms with Gasteiger partial charge in [-0.3, -0.25) is 4.79 Å². The Morgan fingerprint density at radius 3 is 2.47 bits per heavy atom. The van der Waals surface area contributed by atoms with E-state index in [1.54, 1.807) is 0 Å². The van der Waals surface area contributed by atoms with Crippen molar-refractivity contribution in [2.24, 2.45) is 17.1 Å². The van der Waals surface area contributed by atoms with E-state index >= 15 is 0 Å². The van der Waals surface area contributed by atoms with Gasteiger partial charge in [0, 0.05) is 6.54 Å². The molecule has 3 N–H and O–H groups in total. The molecule has 1 aliphatic carbocycles. The highest BCUT2D eigenvalue weighted by molar-refractivity contribution is 5.81. The molecule has 0 spiro atoms. The van der Waals surface area contributed by atoms with Gasteiger partial charge in [-0.15, -0.1) is 0 Å². The highest BCUT2D eigenvalue weighted by Crippen LogP contribution is 2.47. The summed E-state index contributed by atoms with van der Waals surface area (Å²) in [4.78, 5) is 11.7. The van der Waals surface area contributed by atoms with Crippen LogP contribution in [0.1, 0.15) is 46.5 Å². The quantitative estimate of drug-likeness (QED) is 0.703. The van der Waals surface area contributed by atoms with Crippen molar-refractivity contribution in [1.29, 1.82) is 0 Å². The molecule has 1 amide bonds. The van der Waals surface area contributed by atoms with Gasteiger partial charge in [0.25, 0.3) is 0 Å². The average Bonchev–Trinajstić information content (AvgIpc) is 3.04. The maximum Gasteiger partial charge on any atom is 0.237 e. The van der Waals surface area contributed by atoms with Crippen molar-refractivity contribution in [1.82, 2.24) is 5.32 Å². The summed E-state index contributed by atoms with van der Waals surface area (Å²) in [5.74, 6) is 0.283. The zero-order chi connectivity index (χ0) is 11.5. The molecule has 0 aromatic carbocycles. The number of hydrogen-bond donors (Lipinski definition) is 2. The Balaban J connectivity index is 2.29. The normalized spacial score (nSPS) is 21.9. The van der Waals surface area contributed by atoms with Crippen molar-refractivity contribution in [3.63, 3.8) is 0 Å². The van der Waals surface area contributed by atoms with Crippen LogP contribution in [-0.4, -0.2) is 18.5 Å². The van der Waals surface area contributed by atoms with Gasteiger partial charge < -0.3 is 11.1 Å². The fraction of sp³-hybridized carbons (Fsp3) is 0.917. The number of nitrogens with two attached hydrogens (primary N) is 1. The van der Waals surface area contributed by atoms with E-state index in [0.717, 1.165) is 19.4 Å². The molecule has 2 atom stereocenters. The summed E-state index contributed by atoms with van der Waals surface area (Å²) in [5.41, 5.74) is 6.26. The lowest BCUT2D eigenvalue weighted by Gasteiger charge is -2.20. The van der Waals surface area contributed by atoms with Gasteiger partial charge in [-0.05, 0) is 30.6 Å². The van der Waals surface area contributed by atoms with Gasteiger partial charge in [0.1, 0.15) is 0 Å². The Hall–Kier alpha value is -0.570. The average molecular weight is 212 g/mol. The van der Waals surface area contributed by atoms with Crippen LogP contribution in [0.3, 0.4) is 0 Å². The third-order valence-corrected chi connectivity index (χ3v) is 3.90. The summed E-state index contributed by atoms with van der Waals surface area (Å²) in [6, 6.07) is -0.345. The van der Waals surface area contributed by atoms with Crippen molar-refractivity contribution >= 4 is 5.91 Å². The van der Waals surface area contributed by atoms with Crippen LogP contribution in [0.25, 0.3) is 0 Å². The van der Waals surface area contributed by atoms with Crippen LogP contribution in [-0.2, 0) is 4.79 Å². The smallest absolute Gasteiger partial charge is 0.237 e. The van der Waals surface area contributed by atoms with E-state index in [-0.39, 0.29) is 17.9 Å². The molecule has 15 heavy (non-hydrogen) atoms. The van der Waals surface area contributed by atoms with Crippen LogP contribution in [0, 0.1) is 11.3 Å². The van der Waals surface area contributed by atoms with Gasteiger partial charge in [-0.25, -0.2) is 0 Å². The van der Waals surface area contributed by atoms with Gasteiger partial charge in [-0.1, -0.05) is 27.2 Å².